The average Bonchev–Trinajstić information content (AvgIpc) is 3.14. The molecule has 1 aromatic carbocycles. The van der Waals surface area contributed by atoms with Crippen LogP contribution in [0.5, 0.6) is 0 Å². The molecule has 126 valence electrons. The predicted octanol–water partition coefficient (Wildman–Crippen LogP) is 2.88. The Morgan fingerprint density at radius 1 is 1.17 bits per heavy atom. The molecular formula is C17H20N4O2S. The molecule has 0 saturated heterocycles. The van der Waals surface area contributed by atoms with E-state index >= 15 is 0 Å². The van der Waals surface area contributed by atoms with Gasteiger partial charge in [-0.3, -0.25) is 4.21 Å². The van der Waals surface area contributed by atoms with E-state index in [9.17, 15) is 4.21 Å². The lowest BCUT2D eigenvalue weighted by atomic mass is 10.2. The monoisotopic (exact) mass is 344 g/mol. The van der Waals surface area contributed by atoms with Crippen molar-refractivity contribution in [3.63, 3.8) is 0 Å². The molecule has 0 spiro atoms. The normalized spacial score (nSPS) is 12.5. The SMILES string of the molecule is CCc1nc(CS(=O)Cc2ccc(-n3nc(C)cc3C)cc2)no1. The highest BCUT2D eigenvalue weighted by molar-refractivity contribution is 7.83. The molecule has 2 aromatic heterocycles. The summed E-state index contributed by atoms with van der Waals surface area (Å²) in [6, 6.07) is 10.00. The van der Waals surface area contributed by atoms with Crippen LogP contribution in [0.2, 0.25) is 0 Å². The van der Waals surface area contributed by atoms with E-state index in [4.69, 9.17) is 4.52 Å². The maximum Gasteiger partial charge on any atom is 0.226 e. The van der Waals surface area contributed by atoms with Gasteiger partial charge in [0.15, 0.2) is 5.82 Å². The fraction of sp³-hybridized carbons (Fsp3) is 0.353. The van der Waals surface area contributed by atoms with Gasteiger partial charge in [0.1, 0.15) is 0 Å². The summed E-state index contributed by atoms with van der Waals surface area (Å²) in [7, 11) is -1.07. The molecule has 0 bridgehead atoms. The summed E-state index contributed by atoms with van der Waals surface area (Å²) in [5.41, 5.74) is 4.09. The topological polar surface area (TPSA) is 73.8 Å². The summed E-state index contributed by atoms with van der Waals surface area (Å²) in [4.78, 5) is 4.19. The molecule has 0 saturated carbocycles. The van der Waals surface area contributed by atoms with Crippen LogP contribution in [0.25, 0.3) is 5.69 Å². The summed E-state index contributed by atoms with van der Waals surface area (Å²) >= 11 is 0. The van der Waals surface area contributed by atoms with E-state index in [0.717, 1.165) is 22.6 Å². The van der Waals surface area contributed by atoms with Gasteiger partial charge in [0, 0.05) is 28.7 Å². The van der Waals surface area contributed by atoms with Crippen molar-refractivity contribution in [2.75, 3.05) is 0 Å². The van der Waals surface area contributed by atoms with E-state index < -0.39 is 10.8 Å². The number of rotatable bonds is 6. The standard InChI is InChI=1S/C17H20N4O2S/c1-4-17-18-16(20-23-17)11-24(22)10-14-5-7-15(8-6-14)21-13(3)9-12(2)19-21/h5-9H,4,10-11H2,1-3H3. The Morgan fingerprint density at radius 3 is 2.50 bits per heavy atom. The van der Waals surface area contributed by atoms with Crippen molar-refractivity contribution in [3.05, 3.63) is 59.0 Å². The molecular weight excluding hydrogens is 324 g/mol. The number of aryl methyl sites for hydroxylation is 3. The number of nitrogens with zero attached hydrogens (tertiary/aromatic N) is 4. The molecule has 2 heterocycles. The van der Waals surface area contributed by atoms with Crippen molar-refractivity contribution in [1.29, 1.82) is 0 Å². The highest BCUT2D eigenvalue weighted by Gasteiger charge is 2.10. The molecule has 3 rings (SSSR count). The Kier molecular flexibility index (Phi) is 4.89. The van der Waals surface area contributed by atoms with Crippen LogP contribution in [0.4, 0.5) is 0 Å². The van der Waals surface area contributed by atoms with Gasteiger partial charge in [0.2, 0.25) is 5.89 Å². The lowest BCUT2D eigenvalue weighted by Gasteiger charge is -2.06. The molecule has 3 aromatic rings. The van der Waals surface area contributed by atoms with Gasteiger partial charge in [-0.25, -0.2) is 4.68 Å². The zero-order valence-electron chi connectivity index (χ0n) is 14.0. The third-order valence-electron chi connectivity index (χ3n) is 3.62. The minimum atomic E-state index is -1.07. The molecule has 0 fully saturated rings. The van der Waals surface area contributed by atoms with Gasteiger partial charge >= 0.3 is 0 Å². The van der Waals surface area contributed by atoms with Crippen LogP contribution in [0.15, 0.2) is 34.9 Å². The Bertz CT molecular complexity index is 852. The van der Waals surface area contributed by atoms with Crippen molar-refractivity contribution in [2.24, 2.45) is 0 Å². The molecule has 6 nitrogen and oxygen atoms in total. The summed E-state index contributed by atoms with van der Waals surface area (Å²) < 4.78 is 19.2. The third kappa shape index (κ3) is 3.79. The highest BCUT2D eigenvalue weighted by atomic mass is 32.2. The maximum absolute atomic E-state index is 12.3. The van der Waals surface area contributed by atoms with Gasteiger partial charge in [-0.2, -0.15) is 10.1 Å². The van der Waals surface area contributed by atoms with Crippen molar-refractivity contribution < 1.29 is 8.73 Å². The number of aromatic nitrogens is 4. The van der Waals surface area contributed by atoms with Crippen LogP contribution in [-0.4, -0.2) is 24.1 Å². The summed E-state index contributed by atoms with van der Waals surface area (Å²) in [5.74, 6) is 1.86. The molecule has 1 unspecified atom stereocenters. The van der Waals surface area contributed by atoms with Crippen molar-refractivity contribution >= 4 is 10.8 Å². The summed E-state index contributed by atoms with van der Waals surface area (Å²) in [5, 5.41) is 8.31. The fourth-order valence-corrected chi connectivity index (χ4v) is 3.57. The van der Waals surface area contributed by atoms with E-state index in [0.29, 0.717) is 29.6 Å². The van der Waals surface area contributed by atoms with Crippen LogP contribution in [0, 0.1) is 13.8 Å². The molecule has 0 aliphatic carbocycles. The van der Waals surface area contributed by atoms with Crippen LogP contribution >= 0.6 is 0 Å². The van der Waals surface area contributed by atoms with E-state index in [1.807, 2.05) is 55.8 Å². The second kappa shape index (κ2) is 7.09. The van der Waals surface area contributed by atoms with Crippen LogP contribution in [0.3, 0.4) is 0 Å². The molecule has 7 heteroatoms. The highest BCUT2D eigenvalue weighted by Crippen LogP contribution is 2.15. The fourth-order valence-electron chi connectivity index (χ4n) is 2.50. The Labute approximate surface area is 143 Å². The first kappa shape index (κ1) is 16.6. The summed E-state index contributed by atoms with van der Waals surface area (Å²) in [6.07, 6.45) is 0.688. The Morgan fingerprint density at radius 2 is 1.92 bits per heavy atom. The number of benzene rings is 1. The molecule has 0 aliphatic rings. The first-order chi connectivity index (χ1) is 11.5. The van der Waals surface area contributed by atoms with Gasteiger partial charge < -0.3 is 4.52 Å². The van der Waals surface area contributed by atoms with Crippen molar-refractivity contribution in [1.82, 2.24) is 19.9 Å². The molecule has 0 aliphatic heterocycles. The van der Waals surface area contributed by atoms with Gasteiger partial charge in [0.05, 0.1) is 17.1 Å². The van der Waals surface area contributed by atoms with E-state index in [2.05, 4.69) is 15.2 Å². The maximum atomic E-state index is 12.3. The quantitative estimate of drug-likeness (QED) is 0.687. The first-order valence-electron chi connectivity index (χ1n) is 7.84. The second-order valence-electron chi connectivity index (χ2n) is 5.69. The molecule has 0 N–H and O–H groups in total. The van der Waals surface area contributed by atoms with Crippen LogP contribution < -0.4 is 0 Å². The molecule has 0 radical (unpaired) electrons. The number of hydrogen-bond donors (Lipinski definition) is 0. The summed E-state index contributed by atoms with van der Waals surface area (Å²) in [6.45, 7) is 5.94. The van der Waals surface area contributed by atoms with Gasteiger partial charge in [-0.05, 0) is 37.6 Å². The lowest BCUT2D eigenvalue weighted by Crippen LogP contribution is -2.02. The predicted molar refractivity (Wildman–Crippen MR) is 92.3 cm³/mol. The Balaban J connectivity index is 1.65. The average molecular weight is 344 g/mol. The van der Waals surface area contributed by atoms with Gasteiger partial charge in [-0.15, -0.1) is 0 Å². The van der Waals surface area contributed by atoms with Gasteiger partial charge in [-0.1, -0.05) is 24.2 Å². The molecule has 0 amide bonds. The van der Waals surface area contributed by atoms with E-state index in [1.54, 1.807) is 0 Å². The Hall–Kier alpha value is -2.28. The van der Waals surface area contributed by atoms with Crippen molar-refractivity contribution in [3.8, 4) is 5.69 Å². The van der Waals surface area contributed by atoms with Crippen LogP contribution in [0.1, 0.15) is 35.6 Å². The van der Waals surface area contributed by atoms with Crippen molar-refractivity contribution in [2.45, 2.75) is 38.7 Å². The first-order valence-corrected chi connectivity index (χ1v) is 9.33. The molecule has 1 atom stereocenters. The van der Waals surface area contributed by atoms with E-state index in [-0.39, 0.29) is 0 Å². The van der Waals surface area contributed by atoms with Gasteiger partial charge in [0.25, 0.3) is 0 Å². The largest absolute Gasteiger partial charge is 0.339 e. The zero-order chi connectivity index (χ0) is 17.1. The minimum Gasteiger partial charge on any atom is -0.339 e. The lowest BCUT2D eigenvalue weighted by molar-refractivity contribution is 0.378. The smallest absolute Gasteiger partial charge is 0.226 e. The number of hydrogen-bond acceptors (Lipinski definition) is 5. The second-order valence-corrected chi connectivity index (χ2v) is 7.15. The minimum absolute atomic E-state index is 0.308. The van der Waals surface area contributed by atoms with Crippen LogP contribution in [-0.2, 0) is 28.7 Å². The molecule has 24 heavy (non-hydrogen) atoms. The van der Waals surface area contributed by atoms with E-state index in [1.165, 1.54) is 0 Å². The zero-order valence-corrected chi connectivity index (χ0v) is 14.8. The third-order valence-corrected chi connectivity index (χ3v) is 4.86.